The molecule has 1 atom stereocenters. The zero-order valence-electron chi connectivity index (χ0n) is 14.8. The Balaban J connectivity index is 1.87. The molecule has 27 heavy (non-hydrogen) atoms. The Labute approximate surface area is 161 Å². The van der Waals surface area contributed by atoms with Crippen LogP contribution in [0.3, 0.4) is 0 Å². The van der Waals surface area contributed by atoms with E-state index in [9.17, 15) is 9.59 Å². The summed E-state index contributed by atoms with van der Waals surface area (Å²) in [7, 11) is 3.06. The second-order valence-electron chi connectivity index (χ2n) is 5.79. The van der Waals surface area contributed by atoms with Gasteiger partial charge in [0.15, 0.2) is 11.5 Å². The lowest BCUT2D eigenvalue weighted by molar-refractivity contribution is -0.120. The van der Waals surface area contributed by atoms with Gasteiger partial charge in [-0.3, -0.25) is 20.2 Å². The van der Waals surface area contributed by atoms with E-state index in [1.165, 1.54) is 14.2 Å². The molecule has 0 aliphatic carbocycles. The van der Waals surface area contributed by atoms with E-state index in [-0.39, 0.29) is 18.3 Å². The second-order valence-corrected chi connectivity index (χ2v) is 6.23. The summed E-state index contributed by atoms with van der Waals surface area (Å²) in [6, 6.07) is 11.3. The number of amides is 2. The number of hydrogen-bond acceptors (Lipinski definition) is 5. The van der Waals surface area contributed by atoms with Crippen molar-refractivity contribution in [1.82, 2.24) is 10.6 Å². The van der Waals surface area contributed by atoms with Crippen LogP contribution in [0.4, 0.5) is 0 Å². The molecule has 7 nitrogen and oxygen atoms in total. The standard InChI is InChI=1S/C19H18ClN3O4/c1-26-15-5-3-4-13(17(15)27-2)14-10-16(24)22-19(21-14)23-18(25)11-6-8-12(20)9-7-11/h3-9,14H,10H2,1-2H3,(H2,21,22,23,24,25)/t14-/m0/s1. The first-order valence-corrected chi connectivity index (χ1v) is 8.55. The van der Waals surface area contributed by atoms with Gasteiger partial charge in [-0.2, -0.15) is 0 Å². The normalized spacial score (nSPS) is 16.2. The van der Waals surface area contributed by atoms with Gasteiger partial charge in [0.2, 0.25) is 11.9 Å². The molecule has 2 amide bonds. The summed E-state index contributed by atoms with van der Waals surface area (Å²) in [5, 5.41) is 5.72. The molecule has 8 heteroatoms. The summed E-state index contributed by atoms with van der Waals surface area (Å²) in [5.41, 5.74) is 1.10. The van der Waals surface area contributed by atoms with Crippen molar-refractivity contribution < 1.29 is 19.1 Å². The predicted molar refractivity (Wildman–Crippen MR) is 101 cm³/mol. The van der Waals surface area contributed by atoms with Gasteiger partial charge in [0.05, 0.1) is 26.7 Å². The van der Waals surface area contributed by atoms with Crippen molar-refractivity contribution in [3.8, 4) is 11.5 Å². The Kier molecular flexibility index (Phi) is 5.61. The minimum absolute atomic E-state index is 0.0843. The maximum Gasteiger partial charge on any atom is 0.257 e. The Hall–Kier alpha value is -3.06. The molecule has 2 N–H and O–H groups in total. The zero-order valence-corrected chi connectivity index (χ0v) is 15.5. The summed E-state index contributed by atoms with van der Waals surface area (Å²) in [4.78, 5) is 29.0. The fraction of sp³-hybridized carbons (Fsp3) is 0.211. The monoisotopic (exact) mass is 387 g/mol. The molecule has 0 radical (unpaired) electrons. The first-order valence-electron chi connectivity index (χ1n) is 8.17. The van der Waals surface area contributed by atoms with Crippen molar-refractivity contribution in [3.63, 3.8) is 0 Å². The zero-order chi connectivity index (χ0) is 19.4. The van der Waals surface area contributed by atoms with Crippen molar-refractivity contribution in [2.24, 2.45) is 4.99 Å². The maximum atomic E-state index is 12.4. The Morgan fingerprint density at radius 3 is 2.59 bits per heavy atom. The number of ether oxygens (including phenoxy) is 2. The van der Waals surface area contributed by atoms with Crippen LogP contribution in [0.5, 0.6) is 11.5 Å². The highest BCUT2D eigenvalue weighted by atomic mass is 35.5. The molecule has 0 saturated heterocycles. The van der Waals surface area contributed by atoms with E-state index in [1.54, 1.807) is 36.4 Å². The molecule has 140 valence electrons. The van der Waals surface area contributed by atoms with Gasteiger partial charge in [0.1, 0.15) is 0 Å². The van der Waals surface area contributed by atoms with Crippen LogP contribution in [0.15, 0.2) is 47.5 Å². The molecule has 0 saturated carbocycles. The van der Waals surface area contributed by atoms with E-state index < -0.39 is 11.9 Å². The molecule has 0 bridgehead atoms. The van der Waals surface area contributed by atoms with Gasteiger partial charge in [0.25, 0.3) is 5.91 Å². The largest absolute Gasteiger partial charge is 0.493 e. The van der Waals surface area contributed by atoms with E-state index in [0.29, 0.717) is 27.6 Å². The highest BCUT2D eigenvalue weighted by Gasteiger charge is 2.27. The number of benzene rings is 2. The van der Waals surface area contributed by atoms with Crippen molar-refractivity contribution in [2.75, 3.05) is 14.2 Å². The van der Waals surface area contributed by atoms with Gasteiger partial charge in [-0.1, -0.05) is 23.7 Å². The van der Waals surface area contributed by atoms with E-state index in [4.69, 9.17) is 21.1 Å². The SMILES string of the molecule is COc1cccc([C@@H]2CC(=O)NC(NC(=O)c3ccc(Cl)cc3)=N2)c1OC. The van der Waals surface area contributed by atoms with Crippen molar-refractivity contribution in [2.45, 2.75) is 12.5 Å². The first kappa shape index (κ1) is 18.7. The molecule has 1 aliphatic rings. The lowest BCUT2D eigenvalue weighted by atomic mass is 10.0. The number of guanidine groups is 1. The quantitative estimate of drug-likeness (QED) is 0.844. The summed E-state index contributed by atoms with van der Waals surface area (Å²) in [6.07, 6.45) is 0.129. The lowest BCUT2D eigenvalue weighted by Crippen LogP contribution is -2.47. The summed E-state index contributed by atoms with van der Waals surface area (Å²) < 4.78 is 10.7. The van der Waals surface area contributed by atoms with Gasteiger partial charge < -0.3 is 9.47 Å². The summed E-state index contributed by atoms with van der Waals surface area (Å²) >= 11 is 5.83. The molecular weight excluding hydrogens is 370 g/mol. The van der Waals surface area contributed by atoms with Crippen LogP contribution in [0.2, 0.25) is 5.02 Å². The molecule has 0 aromatic heterocycles. The lowest BCUT2D eigenvalue weighted by Gasteiger charge is -2.23. The van der Waals surface area contributed by atoms with Crippen molar-refractivity contribution >= 4 is 29.4 Å². The minimum atomic E-state index is -0.510. The highest BCUT2D eigenvalue weighted by molar-refractivity contribution is 6.30. The average Bonchev–Trinajstić information content (AvgIpc) is 2.67. The van der Waals surface area contributed by atoms with Gasteiger partial charge in [-0.25, -0.2) is 4.99 Å². The van der Waals surface area contributed by atoms with Crippen LogP contribution in [0.1, 0.15) is 28.4 Å². The first-order chi connectivity index (χ1) is 13.0. The van der Waals surface area contributed by atoms with Gasteiger partial charge in [-0.05, 0) is 30.3 Å². The highest BCUT2D eigenvalue weighted by Crippen LogP contribution is 2.38. The Morgan fingerprint density at radius 2 is 1.93 bits per heavy atom. The number of carbonyl (C=O) groups excluding carboxylic acids is 2. The van der Waals surface area contributed by atoms with Crippen molar-refractivity contribution in [3.05, 3.63) is 58.6 Å². The third kappa shape index (κ3) is 4.20. The van der Waals surface area contributed by atoms with E-state index in [0.717, 1.165) is 0 Å². The number of carbonyl (C=O) groups is 2. The van der Waals surface area contributed by atoms with Crippen LogP contribution in [0, 0.1) is 0 Å². The van der Waals surface area contributed by atoms with Crippen LogP contribution in [-0.4, -0.2) is 32.0 Å². The Bertz CT molecular complexity index is 896. The Morgan fingerprint density at radius 1 is 1.19 bits per heavy atom. The van der Waals surface area contributed by atoms with Crippen LogP contribution < -0.4 is 20.1 Å². The number of methoxy groups -OCH3 is 2. The number of para-hydroxylation sites is 1. The smallest absolute Gasteiger partial charge is 0.257 e. The molecule has 2 aromatic rings. The molecule has 3 rings (SSSR count). The third-order valence-electron chi connectivity index (χ3n) is 4.05. The topological polar surface area (TPSA) is 89.0 Å². The van der Waals surface area contributed by atoms with E-state index in [2.05, 4.69) is 15.6 Å². The number of halogens is 1. The van der Waals surface area contributed by atoms with Gasteiger partial charge in [0, 0.05) is 16.1 Å². The molecule has 2 aromatic carbocycles. The minimum Gasteiger partial charge on any atom is -0.493 e. The summed E-state index contributed by atoms with van der Waals surface area (Å²) in [5.74, 6) is 0.478. The molecule has 1 aliphatic heterocycles. The fourth-order valence-corrected chi connectivity index (χ4v) is 2.92. The molecular formula is C19H18ClN3O4. The van der Waals surface area contributed by atoms with Gasteiger partial charge in [-0.15, -0.1) is 0 Å². The third-order valence-corrected chi connectivity index (χ3v) is 4.30. The number of hydrogen-bond donors (Lipinski definition) is 2. The van der Waals surface area contributed by atoms with E-state index >= 15 is 0 Å². The molecule has 0 fully saturated rings. The maximum absolute atomic E-state index is 12.4. The number of nitrogens with one attached hydrogen (secondary N) is 2. The number of aliphatic imine (C=N–C) groups is 1. The average molecular weight is 388 g/mol. The molecule has 1 heterocycles. The summed E-state index contributed by atoms with van der Waals surface area (Å²) in [6.45, 7) is 0. The van der Waals surface area contributed by atoms with Crippen LogP contribution in [0.25, 0.3) is 0 Å². The molecule has 0 spiro atoms. The number of rotatable bonds is 4. The second kappa shape index (κ2) is 8.09. The van der Waals surface area contributed by atoms with Gasteiger partial charge >= 0.3 is 0 Å². The van der Waals surface area contributed by atoms with Crippen molar-refractivity contribution in [1.29, 1.82) is 0 Å². The van der Waals surface area contributed by atoms with Crippen LogP contribution >= 0.6 is 11.6 Å². The number of nitrogens with zero attached hydrogens (tertiary/aromatic N) is 1. The van der Waals surface area contributed by atoms with E-state index in [1.807, 2.05) is 6.07 Å². The molecule has 0 unspecified atom stereocenters. The fourth-order valence-electron chi connectivity index (χ4n) is 2.79. The van der Waals surface area contributed by atoms with Crippen LogP contribution in [-0.2, 0) is 4.79 Å². The predicted octanol–water partition coefficient (Wildman–Crippen LogP) is 2.70.